The van der Waals surface area contributed by atoms with Gasteiger partial charge in [-0.25, -0.2) is 9.78 Å². The molecular weight excluding hydrogens is 536 g/mol. The third-order valence-corrected chi connectivity index (χ3v) is 7.19. The third kappa shape index (κ3) is 6.91. The number of carbonyl (C=O) groups is 2. The van der Waals surface area contributed by atoms with Gasteiger partial charge in [-0.3, -0.25) is 4.79 Å². The average molecular weight is 567 g/mol. The first kappa shape index (κ1) is 27.9. The summed E-state index contributed by atoms with van der Waals surface area (Å²) in [7, 11) is 0. The Hall–Kier alpha value is -4.69. The standard InChI is InChI=1S/C33H30N2O5S/c1-3-19-38-25-14-9-22(10-15-25)31(36)34-24-13-18-27(32-35-28-7-5-6-8-30(28)41-32)29(21-24)40-33(37)23-11-16-26(17-12-23)39-20-4-2/h5-18,21H,3-4,19-20H2,1-2H3,(H,34,36). The highest BCUT2D eigenvalue weighted by Gasteiger charge is 2.18. The summed E-state index contributed by atoms with van der Waals surface area (Å²) in [5.41, 5.74) is 2.85. The van der Waals surface area contributed by atoms with Crippen molar-refractivity contribution in [3.05, 3.63) is 102 Å². The SMILES string of the molecule is CCCOc1ccc(C(=O)Nc2ccc(-c3nc4ccccc4s3)c(OC(=O)c3ccc(OCCC)cc3)c2)cc1. The normalized spacial score (nSPS) is 10.8. The van der Waals surface area contributed by atoms with E-state index in [1.807, 2.05) is 38.1 Å². The zero-order valence-electron chi connectivity index (χ0n) is 22.9. The van der Waals surface area contributed by atoms with Crippen molar-refractivity contribution in [3.8, 4) is 27.8 Å². The number of carbonyl (C=O) groups excluding carboxylic acids is 2. The van der Waals surface area contributed by atoms with Crippen LogP contribution in [0.5, 0.6) is 17.2 Å². The van der Waals surface area contributed by atoms with Crippen LogP contribution in [0.25, 0.3) is 20.8 Å². The van der Waals surface area contributed by atoms with Gasteiger partial charge in [0.1, 0.15) is 22.3 Å². The zero-order chi connectivity index (χ0) is 28.6. The molecule has 1 amide bonds. The van der Waals surface area contributed by atoms with Crippen molar-refractivity contribution in [1.29, 1.82) is 0 Å². The smallest absolute Gasteiger partial charge is 0.343 e. The monoisotopic (exact) mass is 566 g/mol. The third-order valence-electron chi connectivity index (χ3n) is 6.12. The van der Waals surface area contributed by atoms with E-state index in [9.17, 15) is 9.59 Å². The molecule has 5 aromatic rings. The van der Waals surface area contributed by atoms with Crippen molar-refractivity contribution in [2.24, 2.45) is 0 Å². The maximum absolute atomic E-state index is 13.2. The molecule has 8 heteroatoms. The minimum absolute atomic E-state index is 0.292. The van der Waals surface area contributed by atoms with Gasteiger partial charge in [-0.05, 0) is 85.6 Å². The number of aromatic nitrogens is 1. The molecule has 0 aliphatic rings. The number of nitrogens with zero attached hydrogens (tertiary/aromatic N) is 1. The highest BCUT2D eigenvalue weighted by Crippen LogP contribution is 2.38. The molecule has 1 N–H and O–H groups in total. The Bertz CT molecular complexity index is 1610. The molecule has 7 nitrogen and oxygen atoms in total. The summed E-state index contributed by atoms with van der Waals surface area (Å²) < 4.78 is 18.1. The Labute approximate surface area is 242 Å². The van der Waals surface area contributed by atoms with E-state index in [4.69, 9.17) is 19.2 Å². The van der Waals surface area contributed by atoms with E-state index in [0.29, 0.717) is 57.8 Å². The van der Waals surface area contributed by atoms with Gasteiger partial charge in [0.15, 0.2) is 0 Å². The Balaban J connectivity index is 1.41. The molecule has 1 aromatic heterocycles. The van der Waals surface area contributed by atoms with Crippen molar-refractivity contribution >= 4 is 39.1 Å². The van der Waals surface area contributed by atoms with Crippen molar-refractivity contribution in [2.45, 2.75) is 26.7 Å². The molecule has 0 bridgehead atoms. The van der Waals surface area contributed by atoms with Crippen molar-refractivity contribution < 1.29 is 23.8 Å². The lowest BCUT2D eigenvalue weighted by atomic mass is 10.1. The number of fused-ring (bicyclic) bond motifs is 1. The molecule has 0 spiro atoms. The van der Waals surface area contributed by atoms with E-state index >= 15 is 0 Å². The van der Waals surface area contributed by atoms with Crippen LogP contribution in [0.1, 0.15) is 47.4 Å². The second-order valence-corrected chi connectivity index (χ2v) is 10.3. The first-order chi connectivity index (χ1) is 20.0. The summed E-state index contributed by atoms with van der Waals surface area (Å²) in [6.45, 7) is 5.29. The molecule has 0 radical (unpaired) electrons. The number of thiazole rings is 1. The molecule has 0 aliphatic heterocycles. The van der Waals surface area contributed by atoms with Crippen LogP contribution in [0.4, 0.5) is 5.69 Å². The Morgan fingerprint density at radius 2 is 1.41 bits per heavy atom. The summed E-state index contributed by atoms with van der Waals surface area (Å²) in [5, 5.41) is 3.61. The molecule has 0 atom stereocenters. The minimum atomic E-state index is -0.527. The number of esters is 1. The maximum Gasteiger partial charge on any atom is 0.343 e. The number of rotatable bonds is 11. The van der Waals surface area contributed by atoms with Crippen LogP contribution in [-0.2, 0) is 0 Å². The van der Waals surface area contributed by atoms with E-state index in [0.717, 1.165) is 23.1 Å². The van der Waals surface area contributed by atoms with Crippen LogP contribution in [0.2, 0.25) is 0 Å². The van der Waals surface area contributed by atoms with Crippen LogP contribution >= 0.6 is 11.3 Å². The minimum Gasteiger partial charge on any atom is -0.494 e. The Morgan fingerprint density at radius 3 is 2.05 bits per heavy atom. The average Bonchev–Trinajstić information content (AvgIpc) is 3.44. The molecule has 41 heavy (non-hydrogen) atoms. The topological polar surface area (TPSA) is 86.8 Å². The predicted molar refractivity (Wildman–Crippen MR) is 162 cm³/mol. The number of para-hydroxylation sites is 1. The van der Waals surface area contributed by atoms with Crippen LogP contribution in [0.15, 0.2) is 91.0 Å². The summed E-state index contributed by atoms with van der Waals surface area (Å²) in [4.78, 5) is 30.9. The second-order valence-electron chi connectivity index (χ2n) is 9.29. The zero-order valence-corrected chi connectivity index (χ0v) is 23.7. The maximum atomic E-state index is 13.2. The number of anilines is 1. The van der Waals surface area contributed by atoms with E-state index in [1.54, 1.807) is 66.7 Å². The number of nitrogens with one attached hydrogen (secondary N) is 1. The molecule has 208 valence electrons. The molecular formula is C33H30N2O5S. The van der Waals surface area contributed by atoms with Crippen molar-refractivity contribution in [1.82, 2.24) is 4.98 Å². The molecule has 5 rings (SSSR count). The number of amides is 1. The Morgan fingerprint density at radius 1 is 0.780 bits per heavy atom. The summed E-state index contributed by atoms with van der Waals surface area (Å²) >= 11 is 1.50. The quantitative estimate of drug-likeness (QED) is 0.129. The van der Waals surface area contributed by atoms with Gasteiger partial charge in [-0.2, -0.15) is 0 Å². The first-order valence-electron chi connectivity index (χ1n) is 13.5. The van der Waals surface area contributed by atoms with E-state index in [1.165, 1.54) is 11.3 Å². The highest BCUT2D eigenvalue weighted by atomic mass is 32.1. The Kier molecular flexibility index (Phi) is 8.91. The van der Waals surface area contributed by atoms with Gasteiger partial charge >= 0.3 is 5.97 Å². The number of hydrogen-bond donors (Lipinski definition) is 1. The lowest BCUT2D eigenvalue weighted by Gasteiger charge is -2.12. The van der Waals surface area contributed by atoms with Gasteiger partial charge in [0.05, 0.1) is 34.6 Å². The van der Waals surface area contributed by atoms with E-state index < -0.39 is 5.97 Å². The largest absolute Gasteiger partial charge is 0.494 e. The van der Waals surface area contributed by atoms with Gasteiger partial charge in [-0.15, -0.1) is 11.3 Å². The summed E-state index contributed by atoms with van der Waals surface area (Å²) in [6, 6.07) is 26.9. The van der Waals surface area contributed by atoms with Gasteiger partial charge in [0.2, 0.25) is 0 Å². The molecule has 0 saturated carbocycles. The number of ether oxygens (including phenoxy) is 3. The van der Waals surface area contributed by atoms with Crippen LogP contribution in [0.3, 0.4) is 0 Å². The van der Waals surface area contributed by atoms with Gasteiger partial charge in [-0.1, -0.05) is 26.0 Å². The van der Waals surface area contributed by atoms with Crippen molar-refractivity contribution in [2.75, 3.05) is 18.5 Å². The molecule has 0 unspecified atom stereocenters. The van der Waals surface area contributed by atoms with E-state index in [2.05, 4.69) is 5.32 Å². The van der Waals surface area contributed by atoms with Crippen LogP contribution in [-0.4, -0.2) is 30.1 Å². The fourth-order valence-electron chi connectivity index (χ4n) is 4.04. The molecule has 4 aromatic carbocycles. The predicted octanol–water partition coefficient (Wildman–Crippen LogP) is 8.01. The molecule has 0 fully saturated rings. The molecule has 0 aliphatic carbocycles. The fourth-order valence-corrected chi connectivity index (χ4v) is 5.04. The lowest BCUT2D eigenvalue weighted by molar-refractivity contribution is 0.0735. The highest BCUT2D eigenvalue weighted by molar-refractivity contribution is 7.21. The second kappa shape index (κ2) is 13.1. The summed E-state index contributed by atoms with van der Waals surface area (Å²) in [6.07, 6.45) is 1.80. The van der Waals surface area contributed by atoms with Crippen LogP contribution < -0.4 is 19.5 Å². The first-order valence-corrected chi connectivity index (χ1v) is 14.3. The number of benzene rings is 4. The van der Waals surface area contributed by atoms with Gasteiger partial charge in [0.25, 0.3) is 5.91 Å². The van der Waals surface area contributed by atoms with Crippen molar-refractivity contribution in [3.63, 3.8) is 0 Å². The van der Waals surface area contributed by atoms with Crippen LogP contribution in [0, 0.1) is 0 Å². The summed E-state index contributed by atoms with van der Waals surface area (Å²) in [5.74, 6) is 0.873. The lowest BCUT2D eigenvalue weighted by Crippen LogP contribution is -2.13. The fraction of sp³-hybridized carbons (Fsp3) is 0.182. The molecule has 1 heterocycles. The van der Waals surface area contributed by atoms with E-state index in [-0.39, 0.29) is 5.91 Å². The van der Waals surface area contributed by atoms with Gasteiger partial charge in [0, 0.05) is 17.3 Å². The molecule has 0 saturated heterocycles. The van der Waals surface area contributed by atoms with Gasteiger partial charge < -0.3 is 19.5 Å². The number of hydrogen-bond acceptors (Lipinski definition) is 7.